The highest BCUT2D eigenvalue weighted by molar-refractivity contribution is 5.89. The normalized spacial score (nSPS) is 32.7. The van der Waals surface area contributed by atoms with E-state index in [-0.39, 0.29) is 18.8 Å². The maximum Gasteiger partial charge on any atom is 0.338 e. The van der Waals surface area contributed by atoms with E-state index in [0.29, 0.717) is 5.56 Å². The molecule has 2 heterocycles. The molecule has 2 aliphatic heterocycles. The molecule has 4 atom stereocenters. The Morgan fingerprint density at radius 3 is 2.64 bits per heavy atom. The van der Waals surface area contributed by atoms with Gasteiger partial charge in [0.2, 0.25) is 0 Å². The van der Waals surface area contributed by atoms with Crippen LogP contribution in [-0.2, 0) is 23.7 Å². The van der Waals surface area contributed by atoms with Crippen LogP contribution in [0.25, 0.3) is 0 Å². The molecule has 6 heteroatoms. The monoisotopic (exact) mass is 308 g/mol. The fraction of sp³-hybridized carbons (Fsp3) is 0.562. The summed E-state index contributed by atoms with van der Waals surface area (Å²) in [5, 5.41) is 0. The van der Waals surface area contributed by atoms with E-state index >= 15 is 0 Å². The minimum absolute atomic E-state index is 0.0897. The van der Waals surface area contributed by atoms with Crippen LogP contribution in [-0.4, -0.2) is 50.1 Å². The number of hydrogen-bond donors (Lipinski definition) is 0. The molecule has 2 saturated heterocycles. The predicted molar refractivity (Wildman–Crippen MR) is 76.2 cm³/mol. The molecule has 0 N–H and O–H groups in total. The largest absolute Gasteiger partial charge is 0.459 e. The van der Waals surface area contributed by atoms with Crippen LogP contribution >= 0.6 is 0 Å². The first kappa shape index (κ1) is 15.4. The molecule has 120 valence electrons. The van der Waals surface area contributed by atoms with Gasteiger partial charge in [-0.2, -0.15) is 0 Å². The van der Waals surface area contributed by atoms with Crippen LogP contribution in [0.5, 0.6) is 0 Å². The molecule has 0 amide bonds. The Hall–Kier alpha value is -1.47. The van der Waals surface area contributed by atoms with Crippen LogP contribution in [0, 0.1) is 0 Å². The Bertz CT molecular complexity index is 529. The van der Waals surface area contributed by atoms with E-state index in [1.807, 2.05) is 19.9 Å². The van der Waals surface area contributed by atoms with E-state index in [9.17, 15) is 4.79 Å². The predicted octanol–water partition coefficient (Wildman–Crippen LogP) is 1.73. The van der Waals surface area contributed by atoms with Crippen molar-refractivity contribution in [2.75, 3.05) is 13.7 Å². The summed E-state index contributed by atoms with van der Waals surface area (Å²) in [6.45, 7) is 3.74. The molecule has 2 unspecified atom stereocenters. The summed E-state index contributed by atoms with van der Waals surface area (Å²) >= 11 is 0. The summed E-state index contributed by atoms with van der Waals surface area (Å²) in [5.41, 5.74) is 0.503. The maximum absolute atomic E-state index is 12.0. The van der Waals surface area contributed by atoms with E-state index in [1.54, 1.807) is 31.4 Å². The van der Waals surface area contributed by atoms with Gasteiger partial charge in [-0.05, 0) is 26.0 Å². The van der Waals surface area contributed by atoms with Gasteiger partial charge >= 0.3 is 5.97 Å². The lowest BCUT2D eigenvalue weighted by molar-refractivity contribution is -0.220. The molecule has 0 saturated carbocycles. The second-order valence-corrected chi connectivity index (χ2v) is 5.81. The summed E-state index contributed by atoms with van der Waals surface area (Å²) in [5.74, 6) is -1.09. The third-order valence-corrected chi connectivity index (χ3v) is 3.75. The van der Waals surface area contributed by atoms with E-state index in [1.165, 1.54) is 0 Å². The van der Waals surface area contributed by atoms with Crippen molar-refractivity contribution >= 4 is 5.97 Å². The Kier molecular flexibility index (Phi) is 4.18. The summed E-state index contributed by atoms with van der Waals surface area (Å²) in [7, 11) is 1.58. The minimum Gasteiger partial charge on any atom is -0.459 e. The number of methoxy groups -OCH3 is 1. The van der Waals surface area contributed by atoms with Gasteiger partial charge in [0, 0.05) is 7.11 Å². The van der Waals surface area contributed by atoms with E-state index in [4.69, 9.17) is 23.7 Å². The van der Waals surface area contributed by atoms with Crippen LogP contribution in [0.15, 0.2) is 30.3 Å². The zero-order valence-electron chi connectivity index (χ0n) is 12.9. The highest BCUT2D eigenvalue weighted by atomic mass is 16.8. The molecule has 0 aromatic heterocycles. The van der Waals surface area contributed by atoms with Crippen molar-refractivity contribution in [1.29, 1.82) is 0 Å². The number of carbonyl (C=O) groups is 1. The minimum atomic E-state index is -0.697. The Labute approximate surface area is 129 Å². The van der Waals surface area contributed by atoms with Gasteiger partial charge in [0.05, 0.1) is 5.56 Å². The molecule has 2 aliphatic rings. The van der Waals surface area contributed by atoms with Gasteiger partial charge in [-0.15, -0.1) is 0 Å². The van der Waals surface area contributed by atoms with Gasteiger partial charge in [-0.1, -0.05) is 18.2 Å². The molecule has 0 spiro atoms. The van der Waals surface area contributed by atoms with Gasteiger partial charge in [-0.3, -0.25) is 0 Å². The molecule has 0 aliphatic carbocycles. The summed E-state index contributed by atoms with van der Waals surface area (Å²) < 4.78 is 28.0. The third kappa shape index (κ3) is 3.01. The zero-order valence-corrected chi connectivity index (χ0v) is 12.9. The second kappa shape index (κ2) is 5.96. The lowest BCUT2D eigenvalue weighted by Crippen LogP contribution is -2.38. The van der Waals surface area contributed by atoms with Gasteiger partial charge in [0.25, 0.3) is 0 Å². The number of fused-ring (bicyclic) bond motifs is 1. The van der Waals surface area contributed by atoms with Crippen molar-refractivity contribution in [3.63, 3.8) is 0 Å². The number of esters is 1. The first-order valence-electron chi connectivity index (χ1n) is 7.26. The molecule has 1 aromatic carbocycles. The highest BCUT2D eigenvalue weighted by Crippen LogP contribution is 2.38. The van der Waals surface area contributed by atoms with Gasteiger partial charge in [0.1, 0.15) is 24.9 Å². The molecule has 3 rings (SSSR count). The summed E-state index contributed by atoms with van der Waals surface area (Å²) in [6, 6.07) is 8.82. The highest BCUT2D eigenvalue weighted by Gasteiger charge is 2.55. The van der Waals surface area contributed by atoms with Crippen molar-refractivity contribution in [2.24, 2.45) is 0 Å². The van der Waals surface area contributed by atoms with Crippen molar-refractivity contribution < 1.29 is 28.5 Å². The smallest absolute Gasteiger partial charge is 0.338 e. The first-order valence-corrected chi connectivity index (χ1v) is 7.26. The third-order valence-electron chi connectivity index (χ3n) is 3.75. The topological polar surface area (TPSA) is 63.2 Å². The Morgan fingerprint density at radius 2 is 1.95 bits per heavy atom. The van der Waals surface area contributed by atoms with Crippen molar-refractivity contribution in [3.8, 4) is 0 Å². The van der Waals surface area contributed by atoms with Crippen molar-refractivity contribution in [2.45, 2.75) is 44.2 Å². The second-order valence-electron chi connectivity index (χ2n) is 5.81. The van der Waals surface area contributed by atoms with Crippen LogP contribution in [0.3, 0.4) is 0 Å². The number of benzene rings is 1. The molecule has 0 radical (unpaired) electrons. The molecule has 6 nitrogen and oxygen atoms in total. The fourth-order valence-electron chi connectivity index (χ4n) is 2.78. The Morgan fingerprint density at radius 1 is 1.23 bits per heavy atom. The maximum atomic E-state index is 12.0. The number of ether oxygens (including phenoxy) is 5. The van der Waals surface area contributed by atoms with E-state index < -0.39 is 24.2 Å². The van der Waals surface area contributed by atoms with Crippen LogP contribution < -0.4 is 0 Å². The number of rotatable bonds is 4. The quantitative estimate of drug-likeness (QED) is 0.790. The van der Waals surface area contributed by atoms with Gasteiger partial charge in [-0.25, -0.2) is 4.79 Å². The fourth-order valence-corrected chi connectivity index (χ4v) is 2.78. The van der Waals surface area contributed by atoms with Crippen molar-refractivity contribution in [3.05, 3.63) is 35.9 Å². The number of carbonyl (C=O) groups excluding carboxylic acids is 1. The molecular formula is C16H20O6. The van der Waals surface area contributed by atoms with Gasteiger partial charge < -0.3 is 23.7 Å². The molecule has 22 heavy (non-hydrogen) atoms. The molecule has 1 aromatic rings. The van der Waals surface area contributed by atoms with Gasteiger partial charge in [0.15, 0.2) is 12.1 Å². The number of hydrogen-bond acceptors (Lipinski definition) is 6. The zero-order chi connectivity index (χ0) is 15.7. The Balaban J connectivity index is 1.59. The average molecular weight is 308 g/mol. The van der Waals surface area contributed by atoms with Crippen LogP contribution in [0.1, 0.15) is 24.2 Å². The first-order chi connectivity index (χ1) is 10.5. The summed E-state index contributed by atoms with van der Waals surface area (Å²) in [4.78, 5) is 12.0. The van der Waals surface area contributed by atoms with Crippen molar-refractivity contribution in [1.82, 2.24) is 0 Å². The summed E-state index contributed by atoms with van der Waals surface area (Å²) in [6.07, 6.45) is -1.57. The lowest BCUT2D eigenvalue weighted by Gasteiger charge is -2.24. The standard InChI is InChI=1S/C16H20O6/c1-16(2)21-13-12(18-3)11(20-15(13)22-16)9-19-14(17)10-7-5-4-6-8-10/h4-8,11-13,15H,9H2,1-3H3/t11-,12?,13?,15-/m1/s1. The van der Waals surface area contributed by atoms with Crippen LogP contribution in [0.2, 0.25) is 0 Å². The molecule has 0 bridgehead atoms. The average Bonchev–Trinajstić information content (AvgIpc) is 2.96. The van der Waals surface area contributed by atoms with E-state index in [0.717, 1.165) is 0 Å². The SMILES string of the molecule is COC1C2OC(C)(C)O[C@H]2O[C@@H]1COC(=O)c1ccccc1. The molecular weight excluding hydrogens is 288 g/mol. The van der Waals surface area contributed by atoms with Crippen LogP contribution in [0.4, 0.5) is 0 Å². The lowest BCUT2D eigenvalue weighted by atomic mass is 10.1. The molecule has 2 fully saturated rings. The van der Waals surface area contributed by atoms with E-state index in [2.05, 4.69) is 0 Å².